The van der Waals surface area contributed by atoms with E-state index in [0.717, 1.165) is 31.3 Å². The Morgan fingerprint density at radius 3 is 2.00 bits per heavy atom. The molecule has 0 spiro atoms. The van der Waals surface area contributed by atoms with Crippen LogP contribution in [0.3, 0.4) is 0 Å². The Morgan fingerprint density at radius 2 is 1.75 bits per heavy atom. The van der Waals surface area contributed by atoms with Gasteiger partial charge in [-0.3, -0.25) is 0 Å². The molecule has 0 rings (SSSR count). The first kappa shape index (κ1) is 11.4. The van der Waals surface area contributed by atoms with E-state index in [0.29, 0.717) is 0 Å². The van der Waals surface area contributed by atoms with E-state index in [1.165, 1.54) is 0 Å². The normalized spacial score (nSPS) is 11.2. The van der Waals surface area contributed by atoms with Crippen LogP contribution in [0.1, 0.15) is 39.5 Å². The first-order valence-electron chi connectivity index (χ1n) is 4.71. The van der Waals surface area contributed by atoms with E-state index >= 15 is 0 Å². The molecule has 0 saturated carbocycles. The zero-order valence-electron chi connectivity index (χ0n) is 8.40. The molecule has 2 N–H and O–H groups in total. The molecular weight excluding hydrogens is 146 g/mol. The maximum Gasteiger partial charge on any atom is 0.0403 e. The summed E-state index contributed by atoms with van der Waals surface area (Å²) in [5, 5.41) is 0. The highest BCUT2D eigenvalue weighted by molar-refractivity contribution is 5.25. The van der Waals surface area contributed by atoms with Gasteiger partial charge in [-0.15, -0.1) is 0 Å². The van der Waals surface area contributed by atoms with E-state index < -0.39 is 0 Å². The lowest BCUT2D eigenvalue weighted by molar-refractivity contribution is 0.425. The minimum Gasteiger partial charge on any atom is -0.321 e. The summed E-state index contributed by atoms with van der Waals surface area (Å²) in [6, 6.07) is 0. The van der Waals surface area contributed by atoms with Crippen LogP contribution in [0.25, 0.3) is 0 Å². The van der Waals surface area contributed by atoms with Crippen molar-refractivity contribution in [2.24, 2.45) is 5.73 Å². The zero-order valence-corrected chi connectivity index (χ0v) is 8.40. The fourth-order valence-corrected chi connectivity index (χ4v) is 1.54. The van der Waals surface area contributed by atoms with E-state index in [1.807, 2.05) is 0 Å². The van der Waals surface area contributed by atoms with Crippen LogP contribution in [0.5, 0.6) is 0 Å². The smallest absolute Gasteiger partial charge is 0.0403 e. The van der Waals surface area contributed by atoms with Crippen LogP contribution in [0.4, 0.5) is 0 Å². The zero-order chi connectivity index (χ0) is 9.61. The Morgan fingerprint density at radius 1 is 1.33 bits per heavy atom. The van der Waals surface area contributed by atoms with Crippen LogP contribution in [0.15, 0.2) is 24.8 Å². The third kappa shape index (κ3) is 2.82. The SMILES string of the molecule is C=CC(=C)C(N)(CCC)CCC. The van der Waals surface area contributed by atoms with Gasteiger partial charge in [-0.2, -0.15) is 0 Å². The molecule has 70 valence electrons. The Kier molecular flexibility index (Phi) is 4.91. The van der Waals surface area contributed by atoms with Gasteiger partial charge < -0.3 is 5.73 Å². The predicted molar refractivity (Wildman–Crippen MR) is 56.1 cm³/mol. The Labute approximate surface area is 76.3 Å². The molecule has 0 aromatic heterocycles. The second kappa shape index (κ2) is 5.15. The van der Waals surface area contributed by atoms with Crippen LogP contribution in [0.2, 0.25) is 0 Å². The maximum atomic E-state index is 6.20. The van der Waals surface area contributed by atoms with Crippen molar-refractivity contribution in [1.29, 1.82) is 0 Å². The monoisotopic (exact) mass is 167 g/mol. The fraction of sp³-hybridized carbons (Fsp3) is 0.636. The summed E-state index contributed by atoms with van der Waals surface area (Å²) >= 11 is 0. The lowest BCUT2D eigenvalue weighted by Crippen LogP contribution is -2.40. The summed E-state index contributed by atoms with van der Waals surface area (Å²) in [6.45, 7) is 11.9. The van der Waals surface area contributed by atoms with Gasteiger partial charge >= 0.3 is 0 Å². The molecule has 1 heteroatoms. The molecule has 0 fully saturated rings. The lowest BCUT2D eigenvalue weighted by atomic mass is 9.83. The van der Waals surface area contributed by atoms with Gasteiger partial charge in [0.1, 0.15) is 0 Å². The highest BCUT2D eigenvalue weighted by Gasteiger charge is 2.24. The standard InChI is InChI=1S/C11H21N/c1-5-8-11(12,9-6-2)10(4)7-3/h7H,3-6,8-9,12H2,1-2H3. The average molecular weight is 167 g/mol. The predicted octanol–water partition coefficient (Wildman–Crippen LogP) is 3.03. The van der Waals surface area contributed by atoms with Crippen molar-refractivity contribution >= 4 is 0 Å². The van der Waals surface area contributed by atoms with Gasteiger partial charge in [-0.1, -0.05) is 45.9 Å². The van der Waals surface area contributed by atoms with Crippen LogP contribution < -0.4 is 5.73 Å². The second-order valence-corrected chi connectivity index (χ2v) is 3.39. The molecule has 1 nitrogen and oxygen atoms in total. The fourth-order valence-electron chi connectivity index (χ4n) is 1.54. The molecule has 0 aromatic carbocycles. The van der Waals surface area contributed by atoms with E-state index in [-0.39, 0.29) is 5.54 Å². The van der Waals surface area contributed by atoms with Crippen molar-refractivity contribution in [3.05, 3.63) is 24.8 Å². The van der Waals surface area contributed by atoms with E-state index in [9.17, 15) is 0 Å². The van der Waals surface area contributed by atoms with Gasteiger partial charge in [0, 0.05) is 5.54 Å². The highest BCUT2D eigenvalue weighted by Crippen LogP contribution is 2.24. The third-order valence-electron chi connectivity index (χ3n) is 2.28. The minimum atomic E-state index is -0.203. The summed E-state index contributed by atoms with van der Waals surface area (Å²) in [5.74, 6) is 0. The molecule has 0 atom stereocenters. The van der Waals surface area contributed by atoms with Gasteiger partial charge in [-0.05, 0) is 18.4 Å². The number of hydrogen-bond acceptors (Lipinski definition) is 1. The molecule has 0 amide bonds. The molecule has 0 radical (unpaired) electrons. The first-order valence-corrected chi connectivity index (χ1v) is 4.71. The topological polar surface area (TPSA) is 26.0 Å². The molecule has 12 heavy (non-hydrogen) atoms. The summed E-state index contributed by atoms with van der Waals surface area (Å²) in [7, 11) is 0. The van der Waals surface area contributed by atoms with Crippen molar-refractivity contribution in [2.75, 3.05) is 0 Å². The maximum absolute atomic E-state index is 6.20. The minimum absolute atomic E-state index is 0.203. The Hall–Kier alpha value is -0.560. The van der Waals surface area contributed by atoms with Crippen molar-refractivity contribution < 1.29 is 0 Å². The van der Waals surface area contributed by atoms with Gasteiger partial charge in [0.05, 0.1) is 0 Å². The molecular formula is C11H21N. The molecule has 0 heterocycles. The number of nitrogens with two attached hydrogens (primary N) is 1. The summed E-state index contributed by atoms with van der Waals surface area (Å²) in [6.07, 6.45) is 6.00. The molecule has 0 aromatic rings. The van der Waals surface area contributed by atoms with Gasteiger partial charge in [-0.25, -0.2) is 0 Å². The molecule has 0 bridgehead atoms. The second-order valence-electron chi connectivity index (χ2n) is 3.39. The van der Waals surface area contributed by atoms with E-state index in [4.69, 9.17) is 5.73 Å². The van der Waals surface area contributed by atoms with Crippen molar-refractivity contribution in [2.45, 2.75) is 45.1 Å². The van der Waals surface area contributed by atoms with Gasteiger partial charge in [0.25, 0.3) is 0 Å². The first-order chi connectivity index (χ1) is 5.60. The van der Waals surface area contributed by atoms with Crippen molar-refractivity contribution in [3.63, 3.8) is 0 Å². The lowest BCUT2D eigenvalue weighted by Gasteiger charge is -2.29. The Balaban J connectivity index is 4.36. The molecule has 0 unspecified atom stereocenters. The Bertz CT molecular complexity index is 152. The third-order valence-corrected chi connectivity index (χ3v) is 2.28. The van der Waals surface area contributed by atoms with E-state index in [2.05, 4.69) is 27.0 Å². The van der Waals surface area contributed by atoms with Crippen molar-refractivity contribution in [3.8, 4) is 0 Å². The average Bonchev–Trinajstić information content (AvgIpc) is 2.04. The number of hydrogen-bond donors (Lipinski definition) is 1. The quantitative estimate of drug-likeness (QED) is 0.605. The van der Waals surface area contributed by atoms with Crippen LogP contribution in [-0.4, -0.2) is 5.54 Å². The molecule has 0 aliphatic rings. The van der Waals surface area contributed by atoms with Crippen LogP contribution in [-0.2, 0) is 0 Å². The number of rotatable bonds is 6. The van der Waals surface area contributed by atoms with Gasteiger partial charge in [0.15, 0.2) is 0 Å². The summed E-state index contributed by atoms with van der Waals surface area (Å²) in [4.78, 5) is 0. The largest absolute Gasteiger partial charge is 0.321 e. The molecule has 0 saturated heterocycles. The van der Waals surface area contributed by atoms with Crippen molar-refractivity contribution in [1.82, 2.24) is 0 Å². The highest BCUT2D eigenvalue weighted by atomic mass is 14.7. The summed E-state index contributed by atoms with van der Waals surface area (Å²) in [5.41, 5.74) is 6.98. The van der Waals surface area contributed by atoms with Crippen LogP contribution in [0, 0.1) is 0 Å². The molecule has 0 aliphatic carbocycles. The van der Waals surface area contributed by atoms with Gasteiger partial charge in [0.2, 0.25) is 0 Å². The van der Waals surface area contributed by atoms with E-state index in [1.54, 1.807) is 6.08 Å². The molecule has 0 aliphatic heterocycles. The van der Waals surface area contributed by atoms with Crippen LogP contribution >= 0.6 is 0 Å². The summed E-state index contributed by atoms with van der Waals surface area (Å²) < 4.78 is 0.